The highest BCUT2D eigenvalue weighted by atomic mass is 32.2. The normalized spacial score (nSPS) is 11.7. The summed E-state index contributed by atoms with van der Waals surface area (Å²) in [6, 6.07) is 27.1. The number of aldehydes is 1. The molecule has 19 nitrogen and oxygen atoms in total. The Hall–Kier alpha value is -6.98. The second-order valence-corrected chi connectivity index (χ2v) is 17.8. The largest absolute Gasteiger partial charge is 0.378 e. The minimum absolute atomic E-state index is 0.0243. The van der Waals surface area contributed by atoms with Crippen LogP contribution >= 0.6 is 34.4 Å². The van der Waals surface area contributed by atoms with E-state index in [0.29, 0.717) is 93.9 Å². The van der Waals surface area contributed by atoms with Crippen LogP contribution in [-0.4, -0.2) is 117 Å². The molecule has 0 saturated heterocycles. The summed E-state index contributed by atoms with van der Waals surface area (Å²) in [4.78, 5) is 56.5. The lowest BCUT2D eigenvalue weighted by atomic mass is 10.1. The average molecular weight is 974 g/mol. The molecule has 0 aliphatic heterocycles. The molecule has 0 spiro atoms. The lowest BCUT2D eigenvalue weighted by molar-refractivity contribution is -0.121. The van der Waals surface area contributed by atoms with Gasteiger partial charge in [0.05, 0.1) is 31.6 Å². The maximum Gasteiger partial charge on any atom is 0.263 e. The van der Waals surface area contributed by atoms with E-state index < -0.39 is 0 Å². The number of thiazole rings is 2. The van der Waals surface area contributed by atoms with Crippen LogP contribution in [0.15, 0.2) is 112 Å². The summed E-state index contributed by atoms with van der Waals surface area (Å²) in [5, 5.41) is 31.8. The van der Waals surface area contributed by atoms with Crippen molar-refractivity contribution in [3.8, 4) is 11.3 Å². The molecule has 0 fully saturated rings. The number of aromatic nitrogens is 7. The van der Waals surface area contributed by atoms with Gasteiger partial charge in [0.1, 0.15) is 10.6 Å². The van der Waals surface area contributed by atoms with Gasteiger partial charge in [-0.05, 0) is 24.0 Å². The van der Waals surface area contributed by atoms with E-state index in [1.54, 1.807) is 28.5 Å². The van der Waals surface area contributed by atoms with Crippen molar-refractivity contribution < 1.29 is 19.1 Å². The molecule has 4 aromatic heterocycles. The monoisotopic (exact) mass is 973 g/mol. The van der Waals surface area contributed by atoms with E-state index in [0.717, 1.165) is 45.9 Å². The number of nitrogens with one attached hydrogen (secondary N) is 4. The van der Waals surface area contributed by atoms with Crippen molar-refractivity contribution in [3.63, 3.8) is 0 Å². The molecule has 0 aliphatic carbocycles. The number of anilines is 3. The standard InChI is InChI=1S/C46H51N15O4S3/c1-3-26-66-45-53-41(49-21-20-47)40-42(54-45)61(59-56-40)28-32-16-14-31(15-17-32)18-19-38(63)48-22-24-65-25-23-50-43(64)37-27-51-44(68-37)57-55-35(29-62)39(34-12-8-5-9-13-34)58-60(2)46-52-36(30-67-46)33-10-6-4-7-11-33/h4-17,27,29-30H,3,18-26,28,47H2,1-2H3,(H,48,63)(H,50,64)(H,51,57)(H,49,53,54)/b55-35-,58-39-. The summed E-state index contributed by atoms with van der Waals surface area (Å²) >= 11 is 4.09. The average Bonchev–Trinajstić information content (AvgIpc) is 4.16. The van der Waals surface area contributed by atoms with Gasteiger partial charge in [-0.1, -0.05) is 120 Å². The molecule has 68 heavy (non-hydrogen) atoms. The predicted octanol–water partition coefficient (Wildman–Crippen LogP) is 5.73. The summed E-state index contributed by atoms with van der Waals surface area (Å²) < 4.78 is 7.40. The quantitative estimate of drug-likeness (QED) is 0.0109. The van der Waals surface area contributed by atoms with Gasteiger partial charge < -0.3 is 26.4 Å². The van der Waals surface area contributed by atoms with Crippen LogP contribution in [0.3, 0.4) is 0 Å². The first-order valence-corrected chi connectivity index (χ1v) is 24.5. The third-order valence-corrected chi connectivity index (χ3v) is 12.7. The fourth-order valence-corrected chi connectivity index (χ4v) is 8.53. The van der Waals surface area contributed by atoms with Crippen molar-refractivity contribution in [1.29, 1.82) is 0 Å². The van der Waals surface area contributed by atoms with Gasteiger partial charge in [-0.3, -0.25) is 19.8 Å². The van der Waals surface area contributed by atoms with Crippen molar-refractivity contribution in [3.05, 3.63) is 118 Å². The van der Waals surface area contributed by atoms with Crippen LogP contribution in [0.4, 0.5) is 16.1 Å². The summed E-state index contributed by atoms with van der Waals surface area (Å²) in [5.74, 6) is 1.11. The molecule has 4 heterocycles. The Bertz CT molecular complexity index is 2800. The topological polar surface area (TPSA) is 245 Å². The highest BCUT2D eigenvalue weighted by molar-refractivity contribution is 7.99. The SMILES string of the molecule is CCCSc1nc(NCCN)c2nnn(Cc3ccc(CCC(=O)NCCOCCNC(=O)c4cnc(N/N=C(C=O)\C(=N/N(C)c5nc(-c6ccccc6)cs5)c5ccccc5)s4)cc3)c2n1. The maximum absolute atomic E-state index is 12.9. The van der Waals surface area contributed by atoms with Gasteiger partial charge in [0.25, 0.3) is 5.91 Å². The van der Waals surface area contributed by atoms with Crippen LogP contribution in [0.2, 0.25) is 0 Å². The molecule has 352 valence electrons. The fraction of sp³-hybridized carbons (Fsp3) is 0.283. The lowest BCUT2D eigenvalue weighted by Crippen LogP contribution is -2.30. The van der Waals surface area contributed by atoms with Crippen molar-refractivity contribution >= 4 is 91.2 Å². The third kappa shape index (κ3) is 13.8. The van der Waals surface area contributed by atoms with Gasteiger partial charge in [-0.25, -0.2) is 29.6 Å². The molecule has 22 heteroatoms. The number of fused-ring (bicyclic) bond motifs is 1. The molecule has 0 saturated carbocycles. The van der Waals surface area contributed by atoms with Gasteiger partial charge in [-0.2, -0.15) is 10.2 Å². The fourth-order valence-electron chi connectivity index (χ4n) is 6.41. The Morgan fingerprint density at radius 2 is 1.69 bits per heavy atom. The van der Waals surface area contributed by atoms with Crippen LogP contribution in [0.5, 0.6) is 0 Å². The molecule has 7 rings (SSSR count). The number of nitrogens with zero attached hydrogens (tertiary/aromatic N) is 10. The molecule has 0 bridgehead atoms. The van der Waals surface area contributed by atoms with Crippen molar-refractivity contribution in [2.24, 2.45) is 15.9 Å². The number of benzene rings is 3. The minimum Gasteiger partial charge on any atom is -0.378 e. The van der Waals surface area contributed by atoms with E-state index in [1.807, 2.05) is 90.3 Å². The number of carbonyl (C=O) groups excluding carboxylic acids is 3. The van der Waals surface area contributed by atoms with E-state index in [4.69, 9.17) is 25.5 Å². The van der Waals surface area contributed by atoms with Crippen LogP contribution < -0.4 is 32.1 Å². The molecule has 2 amide bonds. The van der Waals surface area contributed by atoms with Gasteiger partial charge in [0.2, 0.25) is 16.2 Å². The number of hydrazone groups is 2. The Balaban J connectivity index is 0.812. The first-order chi connectivity index (χ1) is 33.3. The summed E-state index contributed by atoms with van der Waals surface area (Å²) in [5.41, 5.74) is 14.6. The molecule has 6 N–H and O–H groups in total. The first kappa shape index (κ1) is 48.9. The smallest absolute Gasteiger partial charge is 0.263 e. The Morgan fingerprint density at radius 1 is 0.941 bits per heavy atom. The highest BCUT2D eigenvalue weighted by Gasteiger charge is 2.18. The lowest BCUT2D eigenvalue weighted by Gasteiger charge is -2.13. The Morgan fingerprint density at radius 3 is 2.44 bits per heavy atom. The number of rotatable bonds is 26. The van der Waals surface area contributed by atoms with E-state index in [2.05, 4.69) is 53.7 Å². The first-order valence-electron chi connectivity index (χ1n) is 21.8. The molecule has 0 aliphatic rings. The number of nitrogens with two attached hydrogens (primary N) is 1. The van der Waals surface area contributed by atoms with Gasteiger partial charge in [-0.15, -0.1) is 16.4 Å². The van der Waals surface area contributed by atoms with E-state index >= 15 is 0 Å². The van der Waals surface area contributed by atoms with Crippen molar-refractivity contribution in [2.45, 2.75) is 37.9 Å². The number of amides is 2. The minimum atomic E-state index is -0.339. The van der Waals surface area contributed by atoms with E-state index in [9.17, 15) is 14.4 Å². The summed E-state index contributed by atoms with van der Waals surface area (Å²) in [7, 11) is 1.76. The molecule has 0 atom stereocenters. The number of aryl methyl sites for hydroxylation is 1. The maximum atomic E-state index is 12.9. The zero-order valence-corrected chi connectivity index (χ0v) is 39.9. The molecule has 0 radical (unpaired) electrons. The second-order valence-electron chi connectivity index (χ2n) is 14.8. The van der Waals surface area contributed by atoms with Gasteiger partial charge in [0.15, 0.2) is 34.1 Å². The van der Waals surface area contributed by atoms with Crippen LogP contribution in [0, 0.1) is 0 Å². The summed E-state index contributed by atoms with van der Waals surface area (Å²) in [6.07, 6.45) is 3.94. The van der Waals surface area contributed by atoms with Gasteiger partial charge in [0, 0.05) is 61.9 Å². The van der Waals surface area contributed by atoms with Crippen molar-refractivity contribution in [2.75, 3.05) is 67.9 Å². The number of ether oxygens (including phenoxy) is 1. The number of hydrogen-bond donors (Lipinski definition) is 5. The zero-order valence-electron chi connectivity index (χ0n) is 37.5. The van der Waals surface area contributed by atoms with Crippen LogP contribution in [-0.2, 0) is 27.3 Å². The highest BCUT2D eigenvalue weighted by Crippen LogP contribution is 2.28. The second kappa shape index (κ2) is 25.2. The van der Waals surface area contributed by atoms with E-state index in [-0.39, 0.29) is 37.3 Å². The Kier molecular flexibility index (Phi) is 18.2. The number of carbonyl (C=O) groups is 3. The molecule has 0 unspecified atom stereocenters. The zero-order chi connectivity index (χ0) is 47.5. The molecular weight excluding hydrogens is 923 g/mol. The third-order valence-electron chi connectivity index (χ3n) is 9.80. The summed E-state index contributed by atoms with van der Waals surface area (Å²) in [6.45, 7) is 4.75. The number of hydrogen-bond acceptors (Lipinski definition) is 19. The number of thioether (sulfide) groups is 1. The Labute approximate surface area is 405 Å². The van der Waals surface area contributed by atoms with Crippen LogP contribution in [0.1, 0.15) is 46.1 Å². The van der Waals surface area contributed by atoms with Crippen LogP contribution in [0.25, 0.3) is 22.4 Å². The molecule has 7 aromatic rings. The predicted molar refractivity (Wildman–Crippen MR) is 270 cm³/mol. The van der Waals surface area contributed by atoms with Crippen molar-refractivity contribution in [1.82, 2.24) is 45.6 Å². The molecular formula is C46H51N15O4S3. The van der Waals surface area contributed by atoms with Gasteiger partial charge >= 0.3 is 0 Å². The van der Waals surface area contributed by atoms with E-state index in [1.165, 1.54) is 17.5 Å². The molecule has 3 aromatic carbocycles.